The van der Waals surface area contributed by atoms with Crippen molar-refractivity contribution in [1.29, 1.82) is 0 Å². The van der Waals surface area contributed by atoms with Gasteiger partial charge in [0.25, 0.3) is 5.91 Å². The number of ether oxygens (including phenoxy) is 1. The van der Waals surface area contributed by atoms with Crippen molar-refractivity contribution in [3.8, 4) is 5.75 Å². The SMILES string of the molecule is O=C1COc2ccc(C(=O)CN3CCN(C(=O)O)CC3)cc2N1. The molecule has 0 spiro atoms. The van der Waals surface area contributed by atoms with Crippen molar-refractivity contribution in [3.05, 3.63) is 23.8 Å². The zero-order chi connectivity index (χ0) is 16.4. The summed E-state index contributed by atoms with van der Waals surface area (Å²) < 4.78 is 5.26. The highest BCUT2D eigenvalue weighted by Crippen LogP contribution is 2.28. The van der Waals surface area contributed by atoms with Crippen LogP contribution in [0.2, 0.25) is 0 Å². The number of nitrogens with zero attached hydrogens (tertiary/aromatic N) is 2. The number of hydrogen-bond donors (Lipinski definition) is 2. The molecule has 1 aromatic rings. The predicted octanol–water partition coefficient (Wildman–Crippen LogP) is 0.496. The summed E-state index contributed by atoms with van der Waals surface area (Å²) in [6.45, 7) is 2.06. The summed E-state index contributed by atoms with van der Waals surface area (Å²) in [6, 6.07) is 4.96. The lowest BCUT2D eigenvalue weighted by Gasteiger charge is -2.32. The molecule has 8 heteroatoms. The maximum absolute atomic E-state index is 12.4. The van der Waals surface area contributed by atoms with Crippen LogP contribution >= 0.6 is 0 Å². The molecule has 1 fully saturated rings. The fourth-order valence-electron chi connectivity index (χ4n) is 2.65. The van der Waals surface area contributed by atoms with Crippen molar-refractivity contribution in [3.63, 3.8) is 0 Å². The first-order valence-electron chi connectivity index (χ1n) is 7.33. The second-order valence-corrected chi connectivity index (χ2v) is 5.52. The molecular formula is C15H17N3O5. The lowest BCUT2D eigenvalue weighted by molar-refractivity contribution is -0.118. The number of fused-ring (bicyclic) bond motifs is 1. The van der Waals surface area contributed by atoms with Crippen molar-refractivity contribution < 1.29 is 24.2 Å². The molecule has 0 bridgehead atoms. The fourth-order valence-corrected chi connectivity index (χ4v) is 2.65. The normalized spacial score (nSPS) is 17.9. The molecule has 0 radical (unpaired) electrons. The number of piperazine rings is 1. The third-order valence-electron chi connectivity index (χ3n) is 3.94. The van der Waals surface area contributed by atoms with Crippen LogP contribution in [0.1, 0.15) is 10.4 Å². The quantitative estimate of drug-likeness (QED) is 0.787. The number of nitrogens with one attached hydrogen (secondary N) is 1. The van der Waals surface area contributed by atoms with E-state index in [1.54, 1.807) is 18.2 Å². The lowest BCUT2D eigenvalue weighted by Crippen LogP contribution is -2.49. The topological polar surface area (TPSA) is 99.2 Å². The highest BCUT2D eigenvalue weighted by Gasteiger charge is 2.23. The summed E-state index contributed by atoms with van der Waals surface area (Å²) in [6.07, 6.45) is -0.929. The molecule has 2 N–H and O–H groups in total. The Balaban J connectivity index is 1.62. The average molecular weight is 319 g/mol. The van der Waals surface area contributed by atoms with E-state index in [0.29, 0.717) is 43.2 Å². The van der Waals surface area contributed by atoms with Gasteiger partial charge in [0.15, 0.2) is 12.4 Å². The standard InChI is InChI=1S/C15H17N3O5/c19-12(8-17-3-5-18(6-4-17)15(21)22)10-1-2-13-11(7-10)16-14(20)9-23-13/h1-2,7H,3-6,8-9H2,(H,16,20)(H,21,22). The molecule has 2 aliphatic rings. The van der Waals surface area contributed by atoms with Crippen LogP contribution in [0, 0.1) is 0 Å². The maximum atomic E-state index is 12.4. The Hall–Kier alpha value is -2.61. The molecule has 1 aromatic carbocycles. The molecule has 8 nitrogen and oxygen atoms in total. The van der Waals surface area contributed by atoms with Gasteiger partial charge in [0, 0.05) is 31.7 Å². The van der Waals surface area contributed by atoms with Crippen molar-refractivity contribution in [2.75, 3.05) is 44.6 Å². The molecule has 0 aromatic heterocycles. The molecule has 0 atom stereocenters. The van der Waals surface area contributed by atoms with Gasteiger partial charge < -0.3 is 20.1 Å². The number of carbonyl (C=O) groups excluding carboxylic acids is 2. The first-order chi connectivity index (χ1) is 11.0. The minimum absolute atomic E-state index is 0.0197. The van der Waals surface area contributed by atoms with Gasteiger partial charge in [-0.15, -0.1) is 0 Å². The predicted molar refractivity (Wildman–Crippen MR) is 80.9 cm³/mol. The van der Waals surface area contributed by atoms with Crippen LogP contribution in [0.25, 0.3) is 0 Å². The van der Waals surface area contributed by atoms with E-state index < -0.39 is 6.09 Å². The summed E-state index contributed by atoms with van der Waals surface area (Å²) >= 11 is 0. The molecule has 23 heavy (non-hydrogen) atoms. The van der Waals surface area contributed by atoms with Gasteiger partial charge in [0.2, 0.25) is 0 Å². The van der Waals surface area contributed by atoms with E-state index in [0.717, 1.165) is 0 Å². The van der Waals surface area contributed by atoms with Gasteiger partial charge >= 0.3 is 6.09 Å². The Morgan fingerprint density at radius 3 is 2.65 bits per heavy atom. The van der Waals surface area contributed by atoms with Gasteiger partial charge in [-0.1, -0.05) is 0 Å². The number of hydrogen-bond acceptors (Lipinski definition) is 5. The molecule has 0 saturated carbocycles. The van der Waals surface area contributed by atoms with Gasteiger partial charge in [0.1, 0.15) is 5.75 Å². The average Bonchev–Trinajstić information content (AvgIpc) is 2.54. The number of rotatable bonds is 3. The number of benzene rings is 1. The van der Waals surface area contributed by atoms with Crippen LogP contribution in [-0.2, 0) is 4.79 Å². The minimum Gasteiger partial charge on any atom is -0.482 e. The molecule has 0 unspecified atom stereocenters. The number of amides is 2. The van der Waals surface area contributed by atoms with E-state index in [4.69, 9.17) is 9.84 Å². The van der Waals surface area contributed by atoms with E-state index in [1.165, 1.54) is 4.90 Å². The second-order valence-electron chi connectivity index (χ2n) is 5.52. The van der Waals surface area contributed by atoms with E-state index in [-0.39, 0.29) is 24.8 Å². The third kappa shape index (κ3) is 3.42. The van der Waals surface area contributed by atoms with Crippen molar-refractivity contribution in [2.45, 2.75) is 0 Å². The van der Waals surface area contributed by atoms with Gasteiger partial charge in [-0.3, -0.25) is 14.5 Å². The number of carboxylic acid groups (broad SMARTS) is 1. The smallest absolute Gasteiger partial charge is 0.407 e. The summed E-state index contributed by atoms with van der Waals surface area (Å²) in [5, 5.41) is 11.6. The lowest BCUT2D eigenvalue weighted by atomic mass is 10.1. The Morgan fingerprint density at radius 2 is 1.96 bits per heavy atom. The molecule has 2 aliphatic heterocycles. The second kappa shape index (κ2) is 6.25. The van der Waals surface area contributed by atoms with E-state index >= 15 is 0 Å². The van der Waals surface area contributed by atoms with Gasteiger partial charge in [-0.05, 0) is 18.2 Å². The minimum atomic E-state index is -0.929. The molecule has 1 saturated heterocycles. The molecular weight excluding hydrogens is 302 g/mol. The number of carbonyl (C=O) groups is 3. The summed E-state index contributed by atoms with van der Waals surface area (Å²) in [7, 11) is 0. The van der Waals surface area contributed by atoms with Gasteiger partial charge in [-0.2, -0.15) is 0 Å². The summed E-state index contributed by atoms with van der Waals surface area (Å²) in [4.78, 5) is 37.8. The largest absolute Gasteiger partial charge is 0.482 e. The van der Waals surface area contributed by atoms with Crippen LogP contribution in [-0.4, -0.2) is 72.0 Å². The number of Topliss-reactive ketones (excluding diaryl/α,β-unsaturated/α-hetero) is 1. The first-order valence-corrected chi connectivity index (χ1v) is 7.33. The van der Waals surface area contributed by atoms with Crippen LogP contribution in [0.4, 0.5) is 10.5 Å². The molecule has 0 aliphatic carbocycles. The maximum Gasteiger partial charge on any atom is 0.407 e. The summed E-state index contributed by atoms with van der Waals surface area (Å²) in [5.74, 6) is 0.236. The van der Waals surface area contributed by atoms with Crippen LogP contribution in [0.5, 0.6) is 5.75 Å². The third-order valence-corrected chi connectivity index (χ3v) is 3.94. The first kappa shape index (κ1) is 15.3. The Kier molecular flexibility index (Phi) is 4.16. The van der Waals surface area contributed by atoms with Crippen LogP contribution in [0.3, 0.4) is 0 Å². The van der Waals surface area contributed by atoms with E-state index in [1.807, 2.05) is 4.90 Å². The van der Waals surface area contributed by atoms with Crippen LogP contribution < -0.4 is 10.1 Å². The number of ketones is 1. The molecule has 3 rings (SSSR count). The zero-order valence-corrected chi connectivity index (χ0v) is 12.4. The Bertz CT molecular complexity index is 653. The molecule has 122 valence electrons. The highest BCUT2D eigenvalue weighted by molar-refractivity contribution is 6.01. The van der Waals surface area contributed by atoms with Gasteiger partial charge in [-0.25, -0.2) is 4.79 Å². The number of anilines is 1. The van der Waals surface area contributed by atoms with Crippen molar-refractivity contribution in [2.24, 2.45) is 0 Å². The van der Waals surface area contributed by atoms with E-state index in [2.05, 4.69) is 5.32 Å². The fraction of sp³-hybridized carbons (Fsp3) is 0.400. The van der Waals surface area contributed by atoms with Crippen molar-refractivity contribution in [1.82, 2.24) is 9.80 Å². The highest BCUT2D eigenvalue weighted by atomic mass is 16.5. The Labute approximate surface area is 132 Å². The zero-order valence-electron chi connectivity index (χ0n) is 12.4. The summed E-state index contributed by atoms with van der Waals surface area (Å²) in [5.41, 5.74) is 0.998. The van der Waals surface area contributed by atoms with Crippen LogP contribution in [0.15, 0.2) is 18.2 Å². The monoisotopic (exact) mass is 319 g/mol. The van der Waals surface area contributed by atoms with E-state index in [9.17, 15) is 14.4 Å². The van der Waals surface area contributed by atoms with Gasteiger partial charge in [0.05, 0.1) is 12.2 Å². The Morgan fingerprint density at radius 1 is 1.22 bits per heavy atom. The molecule has 2 amide bonds. The van der Waals surface area contributed by atoms with Crippen molar-refractivity contribution >= 4 is 23.5 Å². The molecule has 2 heterocycles.